The van der Waals surface area contributed by atoms with Crippen LogP contribution in [-0.2, 0) is 0 Å². The van der Waals surface area contributed by atoms with Gasteiger partial charge in [0, 0.05) is 0 Å². The second-order valence-electron chi connectivity index (χ2n) is 3.74. The highest BCUT2D eigenvalue weighted by Gasteiger charge is 2.17. The molecule has 1 aromatic heterocycles. The number of halogens is 1. The molecule has 5 nitrogen and oxygen atoms in total. The Labute approximate surface area is 108 Å². The summed E-state index contributed by atoms with van der Waals surface area (Å²) in [5, 5.41) is 15.7. The average molecular weight is 267 g/mol. The van der Waals surface area contributed by atoms with Crippen LogP contribution in [0.1, 0.15) is 16.1 Å². The van der Waals surface area contributed by atoms with E-state index in [1.54, 1.807) is 6.07 Å². The van der Waals surface area contributed by atoms with Crippen molar-refractivity contribution in [3.63, 3.8) is 0 Å². The van der Waals surface area contributed by atoms with E-state index in [0.717, 1.165) is 5.56 Å². The standard InChI is InChI=1S/C12H11ClN2O3/c1-6-3-4-7(13)10(11(6)18-2)8-5-9(12(16)17)15-14-8/h3-5H,1-2H3,(H,14,15)(H,16,17). The lowest BCUT2D eigenvalue weighted by Crippen LogP contribution is -1.95. The van der Waals surface area contributed by atoms with E-state index in [-0.39, 0.29) is 5.69 Å². The predicted octanol–water partition coefficient (Wildman–Crippen LogP) is 2.75. The third-order valence-corrected chi connectivity index (χ3v) is 2.89. The average Bonchev–Trinajstić information content (AvgIpc) is 2.81. The molecule has 2 rings (SSSR count). The van der Waals surface area contributed by atoms with E-state index in [0.29, 0.717) is 22.0 Å². The number of hydrogen-bond donors (Lipinski definition) is 2. The van der Waals surface area contributed by atoms with Crippen molar-refractivity contribution in [1.29, 1.82) is 0 Å². The van der Waals surface area contributed by atoms with E-state index in [9.17, 15) is 4.79 Å². The second-order valence-corrected chi connectivity index (χ2v) is 4.15. The Balaban J connectivity index is 2.62. The molecular formula is C12H11ClN2O3. The number of methoxy groups -OCH3 is 1. The molecule has 0 aliphatic carbocycles. The maximum Gasteiger partial charge on any atom is 0.353 e. The van der Waals surface area contributed by atoms with Crippen molar-refractivity contribution in [3.05, 3.63) is 34.5 Å². The molecule has 18 heavy (non-hydrogen) atoms. The van der Waals surface area contributed by atoms with E-state index in [4.69, 9.17) is 21.4 Å². The largest absolute Gasteiger partial charge is 0.496 e. The number of hydrogen-bond acceptors (Lipinski definition) is 3. The summed E-state index contributed by atoms with van der Waals surface area (Å²) in [5.41, 5.74) is 1.93. The normalized spacial score (nSPS) is 10.4. The topological polar surface area (TPSA) is 75.2 Å². The summed E-state index contributed by atoms with van der Waals surface area (Å²) in [4.78, 5) is 10.8. The van der Waals surface area contributed by atoms with Gasteiger partial charge in [-0.15, -0.1) is 0 Å². The van der Waals surface area contributed by atoms with Crippen molar-refractivity contribution < 1.29 is 14.6 Å². The van der Waals surface area contributed by atoms with Crippen LogP contribution < -0.4 is 4.74 Å². The molecule has 0 fully saturated rings. The fraction of sp³-hybridized carbons (Fsp3) is 0.167. The molecule has 0 amide bonds. The van der Waals surface area contributed by atoms with Crippen LogP contribution in [0.15, 0.2) is 18.2 Å². The van der Waals surface area contributed by atoms with Crippen LogP contribution in [0.5, 0.6) is 5.75 Å². The predicted molar refractivity (Wildman–Crippen MR) is 67.3 cm³/mol. The number of carboxylic acids is 1. The minimum atomic E-state index is -1.07. The summed E-state index contributed by atoms with van der Waals surface area (Å²) < 4.78 is 5.30. The van der Waals surface area contributed by atoms with Gasteiger partial charge < -0.3 is 9.84 Å². The Morgan fingerprint density at radius 2 is 2.22 bits per heavy atom. The number of H-pyrrole nitrogens is 1. The molecular weight excluding hydrogens is 256 g/mol. The van der Waals surface area contributed by atoms with Gasteiger partial charge in [0.25, 0.3) is 0 Å². The molecule has 0 aliphatic heterocycles. The van der Waals surface area contributed by atoms with Gasteiger partial charge in [0.1, 0.15) is 11.4 Å². The smallest absolute Gasteiger partial charge is 0.353 e. The number of nitrogens with one attached hydrogen (secondary N) is 1. The highest BCUT2D eigenvalue weighted by atomic mass is 35.5. The summed E-state index contributed by atoms with van der Waals surface area (Å²) in [6, 6.07) is 4.98. The molecule has 0 bridgehead atoms. The first kappa shape index (κ1) is 12.4. The van der Waals surface area contributed by atoms with Crippen molar-refractivity contribution >= 4 is 17.6 Å². The van der Waals surface area contributed by atoms with Gasteiger partial charge in [-0.1, -0.05) is 17.7 Å². The first-order chi connectivity index (χ1) is 8.54. The molecule has 0 radical (unpaired) electrons. The Morgan fingerprint density at radius 3 is 2.78 bits per heavy atom. The summed E-state index contributed by atoms with van der Waals surface area (Å²) in [6.45, 7) is 1.88. The van der Waals surface area contributed by atoms with Crippen LogP contribution in [0.3, 0.4) is 0 Å². The van der Waals surface area contributed by atoms with Crippen LogP contribution in [0.4, 0.5) is 0 Å². The van der Waals surface area contributed by atoms with Gasteiger partial charge in [0.2, 0.25) is 0 Å². The van der Waals surface area contributed by atoms with Gasteiger partial charge in [-0.3, -0.25) is 5.10 Å². The molecule has 0 unspecified atom stereocenters. The molecule has 1 heterocycles. The number of aryl methyl sites for hydroxylation is 1. The van der Waals surface area contributed by atoms with Crippen molar-refractivity contribution in [2.24, 2.45) is 0 Å². The Hall–Kier alpha value is -2.01. The number of aromatic carboxylic acids is 1. The third kappa shape index (κ3) is 2.04. The molecule has 0 atom stereocenters. The number of ether oxygens (including phenoxy) is 1. The maximum atomic E-state index is 10.8. The number of nitrogens with zero attached hydrogens (tertiary/aromatic N) is 1. The molecule has 94 valence electrons. The summed E-state index contributed by atoms with van der Waals surface area (Å²) >= 11 is 6.12. The Kier molecular flexibility index (Phi) is 3.25. The van der Waals surface area contributed by atoms with Crippen LogP contribution >= 0.6 is 11.6 Å². The van der Waals surface area contributed by atoms with Crippen LogP contribution in [0.2, 0.25) is 5.02 Å². The molecule has 0 saturated carbocycles. The van der Waals surface area contributed by atoms with Crippen molar-refractivity contribution in [1.82, 2.24) is 10.2 Å². The highest BCUT2D eigenvalue weighted by Crippen LogP contribution is 2.37. The lowest BCUT2D eigenvalue weighted by molar-refractivity contribution is 0.0690. The molecule has 2 aromatic rings. The summed E-state index contributed by atoms with van der Waals surface area (Å²) in [6.07, 6.45) is 0. The number of rotatable bonds is 3. The number of benzene rings is 1. The number of carbonyl (C=O) groups is 1. The second kappa shape index (κ2) is 4.70. The third-order valence-electron chi connectivity index (χ3n) is 2.57. The van der Waals surface area contributed by atoms with Crippen molar-refractivity contribution in [3.8, 4) is 17.0 Å². The molecule has 6 heteroatoms. The zero-order chi connectivity index (χ0) is 13.3. The lowest BCUT2D eigenvalue weighted by atomic mass is 10.1. The van der Waals surface area contributed by atoms with Crippen LogP contribution in [0.25, 0.3) is 11.3 Å². The number of aromatic nitrogens is 2. The minimum absolute atomic E-state index is 0.00428. The quantitative estimate of drug-likeness (QED) is 0.896. The van der Waals surface area contributed by atoms with Gasteiger partial charge in [-0.2, -0.15) is 5.10 Å². The zero-order valence-corrected chi connectivity index (χ0v) is 10.6. The molecule has 1 aromatic carbocycles. The Morgan fingerprint density at radius 1 is 1.50 bits per heavy atom. The van der Waals surface area contributed by atoms with Gasteiger partial charge in [-0.05, 0) is 24.6 Å². The summed E-state index contributed by atoms with van der Waals surface area (Å²) in [5.74, 6) is -0.484. The van der Waals surface area contributed by atoms with E-state index >= 15 is 0 Å². The van der Waals surface area contributed by atoms with Gasteiger partial charge >= 0.3 is 5.97 Å². The molecule has 0 saturated heterocycles. The minimum Gasteiger partial charge on any atom is -0.496 e. The zero-order valence-electron chi connectivity index (χ0n) is 9.82. The van der Waals surface area contributed by atoms with Crippen molar-refractivity contribution in [2.75, 3.05) is 7.11 Å². The maximum absolute atomic E-state index is 10.8. The van der Waals surface area contributed by atoms with E-state index in [1.165, 1.54) is 13.2 Å². The fourth-order valence-electron chi connectivity index (χ4n) is 1.72. The van der Waals surface area contributed by atoms with Crippen molar-refractivity contribution in [2.45, 2.75) is 6.92 Å². The van der Waals surface area contributed by atoms with Crippen LogP contribution in [0, 0.1) is 6.92 Å². The van der Waals surface area contributed by atoms with Gasteiger partial charge in [-0.25, -0.2) is 4.79 Å². The number of aromatic amines is 1. The summed E-state index contributed by atoms with van der Waals surface area (Å²) in [7, 11) is 1.53. The first-order valence-corrected chi connectivity index (χ1v) is 5.54. The molecule has 2 N–H and O–H groups in total. The van der Waals surface area contributed by atoms with Gasteiger partial charge in [0.05, 0.1) is 23.4 Å². The van der Waals surface area contributed by atoms with Gasteiger partial charge in [0.15, 0.2) is 0 Å². The van der Waals surface area contributed by atoms with E-state index in [1.807, 2.05) is 13.0 Å². The fourth-order valence-corrected chi connectivity index (χ4v) is 1.97. The Bertz CT molecular complexity index is 607. The monoisotopic (exact) mass is 266 g/mol. The van der Waals surface area contributed by atoms with E-state index in [2.05, 4.69) is 10.2 Å². The SMILES string of the molecule is COc1c(C)ccc(Cl)c1-c1cc(C(=O)O)[nH]n1. The van der Waals surface area contributed by atoms with Crippen LogP contribution in [-0.4, -0.2) is 28.4 Å². The highest BCUT2D eigenvalue weighted by molar-refractivity contribution is 6.33. The molecule has 0 aliphatic rings. The first-order valence-electron chi connectivity index (χ1n) is 5.16. The lowest BCUT2D eigenvalue weighted by Gasteiger charge is -2.10. The van der Waals surface area contributed by atoms with E-state index < -0.39 is 5.97 Å². The molecule has 0 spiro atoms. The number of carboxylic acid groups (broad SMARTS) is 1.